The van der Waals surface area contributed by atoms with Gasteiger partial charge < -0.3 is 19.7 Å². The summed E-state index contributed by atoms with van der Waals surface area (Å²) >= 11 is 0. The molecule has 0 aromatic carbocycles. The molecule has 1 spiro atoms. The maximum Gasteiger partial charge on any atom is 0.312 e. The molecule has 1 saturated heterocycles. The van der Waals surface area contributed by atoms with E-state index in [-0.39, 0.29) is 29.0 Å². The molecule has 1 aliphatic heterocycles. The van der Waals surface area contributed by atoms with E-state index >= 15 is 0 Å². The SMILES string of the molecule is COC(=O)[C@@]1(C)CC2=CC(=O)CC[C@]2(C)[C@@]2(O)CC[C@@]3(C)[C@@H](CC[C@@]34CCC(O)O4)[C@@H]21. The number of ketones is 1. The van der Waals surface area contributed by atoms with Gasteiger partial charge in [0.25, 0.3) is 0 Å². The summed E-state index contributed by atoms with van der Waals surface area (Å²) < 4.78 is 11.5. The normalized spacial score (nSPS) is 53.5. The van der Waals surface area contributed by atoms with Gasteiger partial charge in [0.15, 0.2) is 12.1 Å². The molecule has 0 aromatic heterocycles. The van der Waals surface area contributed by atoms with Crippen molar-refractivity contribution in [3.63, 3.8) is 0 Å². The van der Waals surface area contributed by atoms with E-state index in [1.165, 1.54) is 7.11 Å². The molecular formula is C25H36O6. The zero-order valence-electron chi connectivity index (χ0n) is 19.2. The molecule has 31 heavy (non-hydrogen) atoms. The topological polar surface area (TPSA) is 93.1 Å². The van der Waals surface area contributed by atoms with Crippen molar-refractivity contribution in [1.29, 1.82) is 0 Å². The van der Waals surface area contributed by atoms with Crippen LogP contribution in [0.4, 0.5) is 0 Å². The fraction of sp³-hybridized carbons (Fsp3) is 0.840. The number of ether oxygens (including phenoxy) is 2. The van der Waals surface area contributed by atoms with Crippen LogP contribution in [0.1, 0.15) is 78.6 Å². The Balaban J connectivity index is 1.67. The van der Waals surface area contributed by atoms with Crippen molar-refractivity contribution in [3.05, 3.63) is 11.6 Å². The minimum Gasteiger partial charge on any atom is -0.469 e. The first-order valence-corrected chi connectivity index (χ1v) is 11.9. The highest BCUT2D eigenvalue weighted by molar-refractivity contribution is 5.92. The standard InChI is InChI=1S/C25H36O6/c1-21(20(28)30-4)14-15-13-16(26)5-8-22(15,2)25(29)12-11-23(3)17(19(21)25)6-9-24(23)10-7-18(27)31-24/h13,17-19,27,29H,5-12,14H2,1-4H3/t17-,18?,19+,21-,22-,23-,24+,25+/m0/s1. The Kier molecular flexibility index (Phi) is 4.47. The summed E-state index contributed by atoms with van der Waals surface area (Å²) in [6, 6.07) is 0. The van der Waals surface area contributed by atoms with E-state index in [0.717, 1.165) is 31.3 Å². The summed E-state index contributed by atoms with van der Waals surface area (Å²) in [4.78, 5) is 25.6. The first-order valence-electron chi connectivity index (χ1n) is 11.9. The summed E-state index contributed by atoms with van der Waals surface area (Å²) in [7, 11) is 1.41. The van der Waals surface area contributed by atoms with E-state index in [2.05, 4.69) is 13.8 Å². The van der Waals surface area contributed by atoms with Gasteiger partial charge in [0, 0.05) is 29.6 Å². The maximum absolute atomic E-state index is 13.3. The van der Waals surface area contributed by atoms with Crippen LogP contribution in [0, 0.1) is 28.1 Å². The molecule has 6 heteroatoms. The van der Waals surface area contributed by atoms with Gasteiger partial charge >= 0.3 is 5.97 Å². The third kappa shape index (κ3) is 2.45. The minimum atomic E-state index is -1.09. The lowest BCUT2D eigenvalue weighted by Crippen LogP contribution is -2.70. The van der Waals surface area contributed by atoms with Crippen molar-refractivity contribution in [1.82, 2.24) is 0 Å². The van der Waals surface area contributed by atoms with Crippen molar-refractivity contribution >= 4 is 11.8 Å². The average molecular weight is 433 g/mol. The Hall–Kier alpha value is -1.24. The lowest BCUT2D eigenvalue weighted by atomic mass is 9.38. The summed E-state index contributed by atoms with van der Waals surface area (Å²) in [5.74, 6) is -0.441. The largest absolute Gasteiger partial charge is 0.469 e. The van der Waals surface area contributed by atoms with E-state index in [0.29, 0.717) is 32.1 Å². The Morgan fingerprint density at radius 1 is 1.13 bits per heavy atom. The minimum absolute atomic E-state index is 0.0792. The Labute approximate surface area is 184 Å². The summed E-state index contributed by atoms with van der Waals surface area (Å²) in [5.41, 5.74) is -2.24. The quantitative estimate of drug-likeness (QED) is 0.618. The monoisotopic (exact) mass is 432 g/mol. The summed E-state index contributed by atoms with van der Waals surface area (Å²) in [6.45, 7) is 6.27. The number of fused-ring (bicyclic) bond motifs is 6. The number of aliphatic hydroxyl groups excluding tert-OH is 1. The van der Waals surface area contributed by atoms with Gasteiger partial charge in [-0.1, -0.05) is 19.4 Å². The Morgan fingerprint density at radius 2 is 1.84 bits per heavy atom. The molecule has 1 unspecified atom stereocenters. The second kappa shape index (κ2) is 6.42. The molecule has 172 valence electrons. The Bertz CT molecular complexity index is 866. The number of hydrogen-bond donors (Lipinski definition) is 2. The van der Waals surface area contributed by atoms with E-state index in [4.69, 9.17) is 9.47 Å². The van der Waals surface area contributed by atoms with Crippen LogP contribution in [-0.2, 0) is 19.1 Å². The molecule has 6 nitrogen and oxygen atoms in total. The lowest BCUT2D eigenvalue weighted by Gasteiger charge is -2.67. The third-order valence-electron chi connectivity index (χ3n) is 10.6. The zero-order valence-corrected chi connectivity index (χ0v) is 19.2. The predicted molar refractivity (Wildman–Crippen MR) is 113 cm³/mol. The van der Waals surface area contributed by atoms with Gasteiger partial charge in [-0.05, 0) is 63.9 Å². The van der Waals surface area contributed by atoms with E-state index < -0.39 is 28.3 Å². The van der Waals surface area contributed by atoms with E-state index in [1.807, 2.05) is 6.92 Å². The number of hydrogen-bond acceptors (Lipinski definition) is 6. The second-order valence-corrected chi connectivity index (χ2v) is 11.6. The first kappa shape index (κ1) is 21.6. The number of methoxy groups -OCH3 is 1. The maximum atomic E-state index is 13.3. The zero-order chi connectivity index (χ0) is 22.4. The van der Waals surface area contributed by atoms with Crippen LogP contribution in [0.5, 0.6) is 0 Å². The van der Waals surface area contributed by atoms with Crippen LogP contribution in [0.3, 0.4) is 0 Å². The highest BCUT2D eigenvalue weighted by Crippen LogP contribution is 2.74. The molecule has 5 aliphatic rings. The highest BCUT2D eigenvalue weighted by atomic mass is 16.6. The highest BCUT2D eigenvalue weighted by Gasteiger charge is 2.75. The van der Waals surface area contributed by atoms with Crippen LogP contribution in [0.15, 0.2) is 11.6 Å². The fourth-order valence-electron chi connectivity index (χ4n) is 8.78. The van der Waals surface area contributed by atoms with Gasteiger partial charge in [-0.3, -0.25) is 9.59 Å². The number of carbonyl (C=O) groups is 2. The molecule has 0 bridgehead atoms. The van der Waals surface area contributed by atoms with Crippen LogP contribution in [-0.4, -0.2) is 46.6 Å². The number of carbonyl (C=O) groups excluding carboxylic acids is 2. The van der Waals surface area contributed by atoms with Crippen molar-refractivity contribution < 1.29 is 29.3 Å². The second-order valence-electron chi connectivity index (χ2n) is 11.6. The van der Waals surface area contributed by atoms with Crippen molar-refractivity contribution in [2.45, 2.75) is 96.1 Å². The molecular weight excluding hydrogens is 396 g/mol. The predicted octanol–water partition coefficient (Wildman–Crippen LogP) is 3.29. The van der Waals surface area contributed by atoms with Crippen molar-refractivity contribution in [2.75, 3.05) is 7.11 Å². The molecule has 4 aliphatic carbocycles. The molecule has 2 N–H and O–H groups in total. The molecule has 0 radical (unpaired) electrons. The molecule has 0 aromatic rings. The van der Waals surface area contributed by atoms with Crippen molar-refractivity contribution in [3.8, 4) is 0 Å². The lowest BCUT2D eigenvalue weighted by molar-refractivity contribution is -0.256. The van der Waals surface area contributed by atoms with Crippen LogP contribution < -0.4 is 0 Å². The molecule has 4 fully saturated rings. The molecule has 1 heterocycles. The van der Waals surface area contributed by atoms with Crippen molar-refractivity contribution in [2.24, 2.45) is 28.1 Å². The van der Waals surface area contributed by atoms with Gasteiger partial charge in [0.1, 0.15) is 0 Å². The van der Waals surface area contributed by atoms with Gasteiger partial charge in [-0.15, -0.1) is 0 Å². The molecule has 5 rings (SSSR count). The first-order chi connectivity index (χ1) is 14.5. The third-order valence-corrected chi connectivity index (χ3v) is 10.6. The molecule has 0 amide bonds. The number of esters is 1. The van der Waals surface area contributed by atoms with Gasteiger partial charge in [0.2, 0.25) is 0 Å². The number of aliphatic hydroxyl groups is 2. The van der Waals surface area contributed by atoms with Gasteiger partial charge in [-0.2, -0.15) is 0 Å². The van der Waals surface area contributed by atoms with Crippen LogP contribution in [0.2, 0.25) is 0 Å². The summed E-state index contributed by atoms with van der Waals surface area (Å²) in [6.07, 6.45) is 6.95. The smallest absolute Gasteiger partial charge is 0.312 e. The van der Waals surface area contributed by atoms with Crippen LogP contribution >= 0.6 is 0 Å². The Morgan fingerprint density at radius 3 is 2.48 bits per heavy atom. The average Bonchev–Trinajstić information content (AvgIpc) is 3.24. The van der Waals surface area contributed by atoms with Gasteiger partial charge in [0.05, 0.1) is 23.7 Å². The van der Waals surface area contributed by atoms with Crippen LogP contribution in [0.25, 0.3) is 0 Å². The fourth-order valence-corrected chi connectivity index (χ4v) is 8.78. The molecule has 8 atom stereocenters. The summed E-state index contributed by atoms with van der Waals surface area (Å²) in [5, 5.41) is 22.7. The molecule has 3 saturated carbocycles. The van der Waals surface area contributed by atoms with E-state index in [1.54, 1.807) is 6.08 Å². The van der Waals surface area contributed by atoms with Gasteiger partial charge in [-0.25, -0.2) is 0 Å². The van der Waals surface area contributed by atoms with E-state index in [9.17, 15) is 19.8 Å². The number of rotatable bonds is 1.